The highest BCUT2D eigenvalue weighted by Crippen LogP contribution is 2.27. The first kappa shape index (κ1) is 11.9. The van der Waals surface area contributed by atoms with Crippen molar-refractivity contribution >= 4 is 6.98 Å². The van der Waals surface area contributed by atoms with Gasteiger partial charge in [0.25, 0.3) is 0 Å². The highest BCUT2D eigenvalue weighted by molar-refractivity contribution is 6.57. The van der Waals surface area contributed by atoms with E-state index in [0.29, 0.717) is 12.3 Å². The zero-order valence-electron chi connectivity index (χ0n) is 7.23. The zero-order valence-corrected chi connectivity index (χ0v) is 7.23. The Bertz CT molecular complexity index is 327. The third-order valence-electron chi connectivity index (χ3n) is 1.58. The van der Waals surface area contributed by atoms with Crippen LogP contribution in [0.25, 0.3) is 0 Å². The van der Waals surface area contributed by atoms with E-state index in [4.69, 9.17) is 0 Å². The average molecular weight is 228 g/mol. The Kier molecular flexibility index (Phi) is 2.96. The Morgan fingerprint density at radius 3 is 2.07 bits per heavy atom. The zero-order chi connectivity index (χ0) is 11.7. The van der Waals surface area contributed by atoms with Gasteiger partial charge in [-0.15, -0.1) is 0 Å². The standard InChI is InChI=1S/C7H5BF6N/c9-7(10,11)6-2-1-5(4-15-6)3-8(12,13)14/h1-2,4H,3H2/q-1. The molecule has 15 heavy (non-hydrogen) atoms. The molecule has 0 aliphatic carbocycles. The number of alkyl halides is 3. The number of aromatic nitrogens is 1. The van der Waals surface area contributed by atoms with Gasteiger partial charge in [0.2, 0.25) is 0 Å². The fraction of sp³-hybridized carbons (Fsp3) is 0.286. The summed E-state index contributed by atoms with van der Waals surface area (Å²) in [6.07, 6.45) is -5.24. The van der Waals surface area contributed by atoms with Gasteiger partial charge in [-0.25, -0.2) is 0 Å². The quantitative estimate of drug-likeness (QED) is 0.559. The van der Waals surface area contributed by atoms with Crippen molar-refractivity contribution in [2.24, 2.45) is 0 Å². The van der Waals surface area contributed by atoms with Crippen LogP contribution in [-0.2, 0) is 12.5 Å². The fourth-order valence-electron chi connectivity index (χ4n) is 0.980. The van der Waals surface area contributed by atoms with Gasteiger partial charge >= 0.3 is 13.2 Å². The van der Waals surface area contributed by atoms with Crippen molar-refractivity contribution in [3.05, 3.63) is 29.6 Å². The molecule has 8 heteroatoms. The van der Waals surface area contributed by atoms with E-state index < -0.39 is 25.2 Å². The maximum atomic E-state index is 12.0. The Balaban J connectivity index is 2.82. The summed E-state index contributed by atoms with van der Waals surface area (Å²) in [5.41, 5.74) is -1.46. The van der Waals surface area contributed by atoms with Gasteiger partial charge in [-0.3, -0.25) is 4.98 Å². The van der Waals surface area contributed by atoms with Crippen LogP contribution in [0.4, 0.5) is 26.1 Å². The molecule has 1 rings (SSSR count). The van der Waals surface area contributed by atoms with E-state index in [1.807, 2.05) is 0 Å². The first-order chi connectivity index (χ1) is 6.68. The molecule has 1 heterocycles. The highest BCUT2D eigenvalue weighted by atomic mass is 19.4. The molecule has 1 aromatic rings. The van der Waals surface area contributed by atoms with Crippen LogP contribution in [0.3, 0.4) is 0 Å². The third-order valence-corrected chi connectivity index (χ3v) is 1.58. The number of nitrogens with zero attached hydrogens (tertiary/aromatic N) is 1. The molecule has 0 saturated heterocycles. The first-order valence-electron chi connectivity index (χ1n) is 3.91. The summed E-state index contributed by atoms with van der Waals surface area (Å²) >= 11 is 0. The van der Waals surface area contributed by atoms with Crippen LogP contribution < -0.4 is 0 Å². The molecule has 0 amide bonds. The Hall–Kier alpha value is -1.21. The first-order valence-corrected chi connectivity index (χ1v) is 3.91. The molecule has 1 nitrogen and oxygen atoms in total. The van der Waals surface area contributed by atoms with Gasteiger partial charge in [0.1, 0.15) is 5.69 Å². The monoisotopic (exact) mass is 228 g/mol. The van der Waals surface area contributed by atoms with Gasteiger partial charge < -0.3 is 12.9 Å². The molecule has 0 aliphatic heterocycles. The number of rotatable bonds is 2. The predicted octanol–water partition coefficient (Wildman–Crippen LogP) is 3.03. The lowest BCUT2D eigenvalue weighted by molar-refractivity contribution is -0.141. The summed E-state index contributed by atoms with van der Waals surface area (Å²) in [6, 6.07) is 1.32. The van der Waals surface area contributed by atoms with Crippen molar-refractivity contribution in [3.8, 4) is 0 Å². The van der Waals surface area contributed by atoms with Crippen molar-refractivity contribution in [1.29, 1.82) is 0 Å². The summed E-state index contributed by atoms with van der Waals surface area (Å²) < 4.78 is 71.6. The van der Waals surface area contributed by atoms with E-state index in [2.05, 4.69) is 4.98 Å². The number of halogens is 6. The third kappa shape index (κ3) is 3.81. The van der Waals surface area contributed by atoms with Crippen molar-refractivity contribution < 1.29 is 26.1 Å². The number of hydrogen-bond acceptors (Lipinski definition) is 1. The van der Waals surface area contributed by atoms with Crippen molar-refractivity contribution in [1.82, 2.24) is 4.98 Å². The minimum atomic E-state index is -5.05. The lowest BCUT2D eigenvalue weighted by Gasteiger charge is -2.13. The second kappa shape index (κ2) is 3.75. The average Bonchev–Trinajstić information content (AvgIpc) is 2.00. The smallest absolute Gasteiger partial charge is 0.449 e. The molecule has 0 aliphatic rings. The van der Waals surface area contributed by atoms with Gasteiger partial charge in [-0.2, -0.15) is 13.2 Å². The van der Waals surface area contributed by atoms with Crippen LogP contribution in [0, 0.1) is 0 Å². The van der Waals surface area contributed by atoms with Crippen LogP contribution in [0.1, 0.15) is 11.3 Å². The van der Waals surface area contributed by atoms with Crippen LogP contribution in [0.15, 0.2) is 18.3 Å². The predicted molar refractivity (Wildman–Crippen MR) is 42.0 cm³/mol. The van der Waals surface area contributed by atoms with Gasteiger partial charge in [0.15, 0.2) is 0 Å². The van der Waals surface area contributed by atoms with E-state index in [9.17, 15) is 26.1 Å². The number of hydrogen-bond donors (Lipinski definition) is 0. The van der Waals surface area contributed by atoms with Crippen molar-refractivity contribution in [2.45, 2.75) is 12.5 Å². The van der Waals surface area contributed by atoms with Crippen LogP contribution in [-0.4, -0.2) is 12.0 Å². The lowest BCUT2D eigenvalue weighted by Crippen LogP contribution is -2.19. The maximum absolute atomic E-state index is 12.0. The van der Waals surface area contributed by atoms with Crippen LogP contribution in [0.5, 0.6) is 0 Å². The van der Waals surface area contributed by atoms with Gasteiger partial charge in [0, 0.05) is 6.20 Å². The van der Waals surface area contributed by atoms with Gasteiger partial charge in [-0.1, -0.05) is 17.9 Å². The van der Waals surface area contributed by atoms with Crippen LogP contribution >= 0.6 is 0 Å². The largest absolute Gasteiger partial charge is 0.482 e. The Labute approximate surface area is 81.2 Å². The Morgan fingerprint density at radius 2 is 1.73 bits per heavy atom. The second-order valence-electron chi connectivity index (χ2n) is 2.96. The molecule has 0 bridgehead atoms. The van der Waals surface area contributed by atoms with E-state index in [1.165, 1.54) is 0 Å². The molecule has 0 spiro atoms. The van der Waals surface area contributed by atoms with Gasteiger partial charge in [0.05, 0.1) is 0 Å². The van der Waals surface area contributed by atoms with Crippen molar-refractivity contribution in [3.63, 3.8) is 0 Å². The summed E-state index contributed by atoms with van der Waals surface area (Å²) in [5, 5.41) is 0. The summed E-state index contributed by atoms with van der Waals surface area (Å²) in [4.78, 5) is 2.92. The molecule has 0 unspecified atom stereocenters. The molecular formula is C7H5BF6N-. The molecule has 84 valence electrons. The molecule has 0 atom stereocenters. The molecule has 1 aromatic heterocycles. The highest BCUT2D eigenvalue weighted by Gasteiger charge is 2.32. The molecule has 0 aromatic carbocycles. The summed E-state index contributed by atoms with van der Waals surface area (Å²) in [5.74, 6) is 0. The normalized spacial score (nSPS) is 12.9. The topological polar surface area (TPSA) is 12.9 Å². The van der Waals surface area contributed by atoms with Crippen LogP contribution in [0.2, 0.25) is 0 Å². The van der Waals surface area contributed by atoms with E-state index in [-0.39, 0.29) is 5.56 Å². The molecular weight excluding hydrogens is 223 g/mol. The molecule has 0 saturated carbocycles. The maximum Gasteiger partial charge on any atom is 0.482 e. The van der Waals surface area contributed by atoms with E-state index in [0.717, 1.165) is 6.07 Å². The van der Waals surface area contributed by atoms with Crippen molar-refractivity contribution in [2.75, 3.05) is 0 Å². The Morgan fingerprint density at radius 1 is 1.13 bits per heavy atom. The molecule has 0 N–H and O–H groups in total. The summed E-state index contributed by atoms with van der Waals surface area (Å²) in [7, 11) is 0. The number of pyridine rings is 1. The van der Waals surface area contributed by atoms with E-state index in [1.54, 1.807) is 0 Å². The summed E-state index contributed by atoms with van der Waals surface area (Å²) in [6.45, 7) is -5.05. The SMILES string of the molecule is F[B-](F)(F)Cc1ccc(C(F)(F)F)nc1. The van der Waals surface area contributed by atoms with E-state index >= 15 is 0 Å². The minimum Gasteiger partial charge on any atom is -0.449 e. The minimum absolute atomic E-state index is 0.268. The molecule has 0 fully saturated rings. The lowest BCUT2D eigenvalue weighted by atomic mass is 9.82. The van der Waals surface area contributed by atoms with Gasteiger partial charge in [-0.05, 0) is 6.07 Å². The molecule has 0 radical (unpaired) electrons. The fourth-order valence-corrected chi connectivity index (χ4v) is 0.980. The second-order valence-corrected chi connectivity index (χ2v) is 2.96.